The number of nitrogens with one attached hydrogen (secondary N) is 2. The summed E-state index contributed by atoms with van der Waals surface area (Å²) in [5.41, 5.74) is 1.29. The molecule has 0 radical (unpaired) electrons. The van der Waals surface area contributed by atoms with Gasteiger partial charge in [-0.2, -0.15) is 0 Å². The van der Waals surface area contributed by atoms with E-state index in [1.54, 1.807) is 0 Å². The summed E-state index contributed by atoms with van der Waals surface area (Å²) < 4.78 is 40.6. The van der Waals surface area contributed by atoms with Gasteiger partial charge in [-0.25, -0.2) is 9.97 Å². The van der Waals surface area contributed by atoms with Crippen molar-refractivity contribution in [3.63, 3.8) is 0 Å². The van der Waals surface area contributed by atoms with Crippen LogP contribution >= 0.6 is 0 Å². The van der Waals surface area contributed by atoms with Crippen LogP contribution in [0.15, 0.2) is 42.2 Å². The first-order valence-corrected chi connectivity index (χ1v) is 9.36. The molecular formula is C19H20F3N5O3. The zero-order chi connectivity index (χ0) is 21.6. The lowest BCUT2D eigenvalue weighted by Gasteiger charge is -2.14. The molecule has 160 valence electrons. The lowest BCUT2D eigenvalue weighted by Crippen LogP contribution is -2.17. The minimum atomic E-state index is -4.80. The summed E-state index contributed by atoms with van der Waals surface area (Å²) in [7, 11) is 0. The van der Waals surface area contributed by atoms with E-state index in [0.717, 1.165) is 37.8 Å². The number of benzene rings is 1. The van der Waals surface area contributed by atoms with Gasteiger partial charge in [-0.1, -0.05) is 11.6 Å². The third-order valence-corrected chi connectivity index (χ3v) is 4.48. The van der Waals surface area contributed by atoms with Crippen molar-refractivity contribution in [1.29, 1.82) is 0 Å². The third-order valence-electron chi connectivity index (χ3n) is 4.48. The maximum Gasteiger partial charge on any atom is 0.573 e. The van der Waals surface area contributed by atoms with E-state index in [1.807, 2.05) is 0 Å². The molecule has 0 aliphatic heterocycles. The van der Waals surface area contributed by atoms with Gasteiger partial charge < -0.3 is 15.4 Å². The number of nitrogens with zero attached hydrogens (tertiary/aromatic N) is 3. The number of anilines is 3. The second kappa shape index (κ2) is 9.42. The van der Waals surface area contributed by atoms with Crippen LogP contribution in [-0.2, 0) is 0 Å². The number of hydrogen-bond acceptors (Lipinski definition) is 7. The highest BCUT2D eigenvalue weighted by molar-refractivity contribution is 5.73. The van der Waals surface area contributed by atoms with E-state index in [4.69, 9.17) is 0 Å². The molecule has 0 saturated carbocycles. The van der Waals surface area contributed by atoms with Gasteiger partial charge in [-0.15, -0.1) is 13.2 Å². The molecule has 1 aromatic heterocycles. The first-order valence-electron chi connectivity index (χ1n) is 9.36. The van der Waals surface area contributed by atoms with Crippen molar-refractivity contribution in [3.05, 3.63) is 52.4 Å². The van der Waals surface area contributed by atoms with Crippen LogP contribution in [0.2, 0.25) is 0 Å². The Hall–Kier alpha value is -3.37. The van der Waals surface area contributed by atoms with Crippen LogP contribution < -0.4 is 15.4 Å². The van der Waals surface area contributed by atoms with Gasteiger partial charge >= 0.3 is 12.0 Å². The first kappa shape index (κ1) is 21.3. The summed E-state index contributed by atoms with van der Waals surface area (Å²) >= 11 is 0. The Morgan fingerprint density at radius 1 is 1.13 bits per heavy atom. The molecule has 1 aromatic carbocycles. The molecule has 1 aliphatic carbocycles. The highest BCUT2D eigenvalue weighted by Crippen LogP contribution is 2.32. The molecule has 0 bridgehead atoms. The summed E-state index contributed by atoms with van der Waals surface area (Å²) in [5.74, 6) is -0.394. The number of rotatable bonds is 8. The fourth-order valence-corrected chi connectivity index (χ4v) is 3.12. The molecule has 1 aliphatic rings. The molecular weight excluding hydrogens is 403 g/mol. The molecule has 0 atom stereocenters. The Kier molecular flexibility index (Phi) is 6.70. The van der Waals surface area contributed by atoms with Crippen molar-refractivity contribution < 1.29 is 22.8 Å². The second-order valence-corrected chi connectivity index (χ2v) is 6.66. The van der Waals surface area contributed by atoms with Gasteiger partial charge in [0, 0.05) is 12.2 Å². The minimum absolute atomic E-state index is 0.0705. The SMILES string of the molecule is O=[N+]([O-])c1c(NCCC2=CCCCC2)ncnc1Nc1ccc(OC(F)(F)F)cc1. The highest BCUT2D eigenvalue weighted by atomic mass is 19.4. The monoisotopic (exact) mass is 423 g/mol. The Bertz CT molecular complexity index is 917. The molecule has 3 rings (SSSR count). The quantitative estimate of drug-likeness (QED) is 0.336. The summed E-state index contributed by atoms with van der Waals surface area (Å²) in [4.78, 5) is 18.9. The Balaban J connectivity index is 1.70. The molecule has 8 nitrogen and oxygen atoms in total. The molecule has 2 aromatic rings. The van der Waals surface area contributed by atoms with E-state index in [2.05, 4.69) is 31.4 Å². The van der Waals surface area contributed by atoms with Crippen LogP contribution in [-0.4, -0.2) is 27.8 Å². The fourth-order valence-electron chi connectivity index (χ4n) is 3.12. The highest BCUT2D eigenvalue weighted by Gasteiger charge is 2.31. The van der Waals surface area contributed by atoms with Crippen molar-refractivity contribution in [2.45, 2.75) is 38.5 Å². The van der Waals surface area contributed by atoms with E-state index in [0.29, 0.717) is 12.2 Å². The first-order chi connectivity index (χ1) is 14.3. The molecule has 0 fully saturated rings. The van der Waals surface area contributed by atoms with E-state index in [-0.39, 0.29) is 17.3 Å². The van der Waals surface area contributed by atoms with E-state index >= 15 is 0 Å². The molecule has 0 unspecified atom stereocenters. The molecule has 0 spiro atoms. The van der Waals surface area contributed by atoms with Crippen molar-refractivity contribution in [1.82, 2.24) is 9.97 Å². The van der Waals surface area contributed by atoms with Gasteiger partial charge in [-0.05, 0) is 56.4 Å². The van der Waals surface area contributed by atoms with Crippen LogP contribution in [0.25, 0.3) is 0 Å². The van der Waals surface area contributed by atoms with Gasteiger partial charge in [0.2, 0.25) is 11.6 Å². The Morgan fingerprint density at radius 3 is 2.50 bits per heavy atom. The number of nitro groups is 1. The standard InChI is InChI=1S/C19H20F3N5O3/c20-19(21,22)30-15-8-6-14(7-9-15)26-18-16(27(28)29)17(24-12-25-18)23-11-10-13-4-2-1-3-5-13/h4,6-9,12H,1-3,5,10-11H2,(H2,23,24,25,26). The van der Waals surface area contributed by atoms with Crippen molar-refractivity contribution in [2.75, 3.05) is 17.2 Å². The predicted molar refractivity (Wildman–Crippen MR) is 105 cm³/mol. The van der Waals surface area contributed by atoms with Crippen molar-refractivity contribution in [3.8, 4) is 5.75 Å². The summed E-state index contributed by atoms with van der Waals surface area (Å²) in [6.07, 6.45) is 3.79. The molecule has 1 heterocycles. The van der Waals surface area contributed by atoms with Crippen LogP contribution in [0.5, 0.6) is 5.75 Å². The molecule has 2 N–H and O–H groups in total. The van der Waals surface area contributed by atoms with Crippen molar-refractivity contribution in [2.24, 2.45) is 0 Å². The maximum absolute atomic E-state index is 12.3. The maximum atomic E-state index is 12.3. The normalized spacial score (nSPS) is 14.0. The predicted octanol–water partition coefficient (Wildman–Crippen LogP) is 5.33. The van der Waals surface area contributed by atoms with Crippen LogP contribution in [0.1, 0.15) is 32.1 Å². The topological polar surface area (TPSA) is 102 Å². The lowest BCUT2D eigenvalue weighted by atomic mass is 9.97. The number of allylic oxidation sites excluding steroid dienone is 1. The molecule has 30 heavy (non-hydrogen) atoms. The number of ether oxygens (including phenoxy) is 1. The molecule has 0 amide bonds. The zero-order valence-corrected chi connectivity index (χ0v) is 15.9. The molecule has 11 heteroatoms. The molecule has 0 saturated heterocycles. The fraction of sp³-hybridized carbons (Fsp3) is 0.368. The smallest absolute Gasteiger partial charge is 0.406 e. The average Bonchev–Trinajstić information content (AvgIpc) is 2.69. The lowest BCUT2D eigenvalue weighted by molar-refractivity contribution is -0.383. The minimum Gasteiger partial charge on any atom is -0.406 e. The zero-order valence-electron chi connectivity index (χ0n) is 15.9. The van der Waals surface area contributed by atoms with E-state index in [9.17, 15) is 23.3 Å². The average molecular weight is 423 g/mol. The number of halogens is 3. The Morgan fingerprint density at radius 2 is 1.87 bits per heavy atom. The van der Waals surface area contributed by atoms with Crippen molar-refractivity contribution >= 4 is 23.0 Å². The van der Waals surface area contributed by atoms with E-state index < -0.39 is 17.0 Å². The van der Waals surface area contributed by atoms with Crippen LogP contribution in [0, 0.1) is 10.1 Å². The van der Waals surface area contributed by atoms with Gasteiger partial charge in [0.15, 0.2) is 0 Å². The summed E-state index contributed by atoms with van der Waals surface area (Å²) in [6.45, 7) is 0.493. The van der Waals surface area contributed by atoms with Gasteiger partial charge in [-0.3, -0.25) is 10.1 Å². The summed E-state index contributed by atoms with van der Waals surface area (Å²) in [6, 6.07) is 4.80. The van der Waals surface area contributed by atoms with Crippen LogP contribution in [0.3, 0.4) is 0 Å². The van der Waals surface area contributed by atoms with Gasteiger partial charge in [0.25, 0.3) is 0 Å². The number of aromatic nitrogens is 2. The number of alkyl halides is 3. The third kappa shape index (κ3) is 6.06. The Labute approximate surface area is 170 Å². The summed E-state index contributed by atoms with van der Waals surface area (Å²) in [5, 5.41) is 17.3. The second-order valence-electron chi connectivity index (χ2n) is 6.66. The van der Waals surface area contributed by atoms with E-state index in [1.165, 1.54) is 30.5 Å². The van der Waals surface area contributed by atoms with Gasteiger partial charge in [0.05, 0.1) is 4.92 Å². The largest absolute Gasteiger partial charge is 0.573 e. The number of hydrogen-bond donors (Lipinski definition) is 2. The van der Waals surface area contributed by atoms with Gasteiger partial charge in [0.1, 0.15) is 12.1 Å². The van der Waals surface area contributed by atoms with Crippen LogP contribution in [0.4, 0.5) is 36.2 Å².